The highest BCUT2D eigenvalue weighted by atomic mass is 16.4. The minimum Gasteiger partial charge on any atom is -0.454 e. The topological polar surface area (TPSA) is 68.3 Å². The third kappa shape index (κ3) is 2.99. The van der Waals surface area contributed by atoms with E-state index in [9.17, 15) is 4.79 Å². The maximum atomic E-state index is 11.8. The molecule has 0 fully saturated rings. The van der Waals surface area contributed by atoms with Crippen molar-refractivity contribution in [2.45, 2.75) is 19.5 Å². The fourth-order valence-electron chi connectivity index (χ4n) is 1.58. The molecule has 1 heterocycles. The highest BCUT2D eigenvalue weighted by Crippen LogP contribution is 2.14. The molecule has 3 N–H and O–H groups in total. The van der Waals surface area contributed by atoms with Crippen molar-refractivity contribution in [3.8, 4) is 0 Å². The van der Waals surface area contributed by atoms with Gasteiger partial charge in [-0.2, -0.15) is 0 Å². The van der Waals surface area contributed by atoms with E-state index in [1.165, 1.54) is 0 Å². The summed E-state index contributed by atoms with van der Waals surface area (Å²) in [4.78, 5) is 11.8. The Balaban J connectivity index is 1.95. The normalized spacial score (nSPS) is 12.1. The van der Waals surface area contributed by atoms with Crippen molar-refractivity contribution in [3.05, 3.63) is 59.5 Å². The fraction of sp³-hybridized carbons (Fsp3) is 0.214. The van der Waals surface area contributed by atoms with Gasteiger partial charge in [-0.3, -0.25) is 4.79 Å². The van der Waals surface area contributed by atoms with Gasteiger partial charge in [0.25, 0.3) is 5.91 Å². The quantitative estimate of drug-likeness (QED) is 0.866. The molecular weight excluding hydrogens is 228 g/mol. The van der Waals surface area contributed by atoms with Crippen LogP contribution in [0.15, 0.2) is 46.9 Å². The average molecular weight is 244 g/mol. The molecule has 4 nitrogen and oxygen atoms in total. The molecule has 18 heavy (non-hydrogen) atoms. The van der Waals surface area contributed by atoms with Crippen LogP contribution in [-0.2, 0) is 6.54 Å². The Morgan fingerprint density at radius 1 is 1.28 bits per heavy atom. The molecule has 0 radical (unpaired) electrons. The molecule has 0 saturated heterocycles. The molecule has 1 aromatic heterocycles. The Hall–Kier alpha value is -2.07. The first-order chi connectivity index (χ1) is 8.66. The Bertz CT molecular complexity index is 518. The molecule has 0 aliphatic carbocycles. The molecular formula is C14H16N2O2. The van der Waals surface area contributed by atoms with Gasteiger partial charge in [0.1, 0.15) is 5.76 Å². The highest BCUT2D eigenvalue weighted by molar-refractivity contribution is 5.91. The lowest BCUT2D eigenvalue weighted by Gasteiger charge is -2.03. The Labute approximate surface area is 106 Å². The molecule has 0 bridgehead atoms. The van der Waals surface area contributed by atoms with Crippen molar-refractivity contribution in [3.63, 3.8) is 0 Å². The molecule has 4 heteroatoms. The van der Waals surface area contributed by atoms with Crippen LogP contribution in [0.2, 0.25) is 0 Å². The van der Waals surface area contributed by atoms with Gasteiger partial charge < -0.3 is 15.5 Å². The molecule has 0 spiro atoms. The van der Waals surface area contributed by atoms with E-state index in [1.807, 2.05) is 37.3 Å². The number of furan rings is 1. The number of hydrogen-bond donors (Lipinski definition) is 2. The number of rotatable bonds is 4. The number of amides is 1. The fourth-order valence-corrected chi connectivity index (χ4v) is 1.58. The van der Waals surface area contributed by atoms with E-state index in [4.69, 9.17) is 10.2 Å². The van der Waals surface area contributed by atoms with Crippen LogP contribution < -0.4 is 11.1 Å². The first-order valence-corrected chi connectivity index (χ1v) is 5.84. The molecule has 1 atom stereocenters. The van der Waals surface area contributed by atoms with E-state index < -0.39 is 0 Å². The summed E-state index contributed by atoms with van der Waals surface area (Å²) in [5.41, 5.74) is 6.71. The largest absolute Gasteiger partial charge is 0.454 e. The summed E-state index contributed by atoms with van der Waals surface area (Å²) in [6, 6.07) is 12.9. The van der Waals surface area contributed by atoms with Crippen molar-refractivity contribution in [2.24, 2.45) is 5.73 Å². The van der Waals surface area contributed by atoms with Gasteiger partial charge in [-0.15, -0.1) is 0 Å². The zero-order chi connectivity index (χ0) is 13.0. The average Bonchev–Trinajstić information content (AvgIpc) is 2.87. The molecule has 0 aliphatic heterocycles. The number of carbonyl (C=O) groups is 1. The zero-order valence-corrected chi connectivity index (χ0v) is 10.2. The van der Waals surface area contributed by atoms with Crippen molar-refractivity contribution < 1.29 is 9.21 Å². The lowest BCUT2D eigenvalue weighted by atomic mass is 10.2. The Morgan fingerprint density at radius 3 is 2.61 bits per heavy atom. The lowest BCUT2D eigenvalue weighted by molar-refractivity contribution is 0.0921. The predicted octanol–water partition coefficient (Wildman–Crippen LogP) is 2.23. The van der Waals surface area contributed by atoms with E-state index >= 15 is 0 Å². The second kappa shape index (κ2) is 5.51. The van der Waals surface area contributed by atoms with Crippen LogP contribution in [0, 0.1) is 0 Å². The van der Waals surface area contributed by atoms with E-state index in [0.29, 0.717) is 18.1 Å². The maximum absolute atomic E-state index is 11.8. The third-order valence-corrected chi connectivity index (χ3v) is 2.60. The predicted molar refractivity (Wildman–Crippen MR) is 68.9 cm³/mol. The minimum absolute atomic E-state index is 0.208. The summed E-state index contributed by atoms with van der Waals surface area (Å²) in [7, 11) is 0. The Kier molecular flexibility index (Phi) is 3.79. The zero-order valence-electron chi connectivity index (χ0n) is 10.2. The van der Waals surface area contributed by atoms with Gasteiger partial charge in [-0.1, -0.05) is 30.3 Å². The number of carbonyl (C=O) groups excluding carboxylic acids is 1. The standard InChI is InChI=1S/C14H16N2O2/c1-10(15)12-7-8-13(18-12)14(17)16-9-11-5-3-2-4-6-11/h2-8,10H,9,15H2,1H3,(H,16,17). The van der Waals surface area contributed by atoms with Crippen molar-refractivity contribution >= 4 is 5.91 Å². The molecule has 0 aliphatic rings. The van der Waals surface area contributed by atoms with E-state index in [1.54, 1.807) is 12.1 Å². The van der Waals surface area contributed by atoms with Crippen molar-refractivity contribution in [1.82, 2.24) is 5.32 Å². The lowest BCUT2D eigenvalue weighted by Crippen LogP contribution is -2.22. The first kappa shape index (κ1) is 12.4. The second-order valence-electron chi connectivity index (χ2n) is 4.16. The second-order valence-corrected chi connectivity index (χ2v) is 4.16. The van der Waals surface area contributed by atoms with Gasteiger partial charge in [0, 0.05) is 6.54 Å². The minimum atomic E-state index is -0.231. The van der Waals surface area contributed by atoms with Crippen LogP contribution >= 0.6 is 0 Å². The van der Waals surface area contributed by atoms with Crippen LogP contribution in [0.5, 0.6) is 0 Å². The summed E-state index contributed by atoms with van der Waals surface area (Å²) in [5, 5.41) is 2.79. The van der Waals surface area contributed by atoms with Crippen LogP contribution in [0.3, 0.4) is 0 Å². The number of benzene rings is 1. The molecule has 1 aromatic carbocycles. The van der Waals surface area contributed by atoms with Crippen molar-refractivity contribution in [2.75, 3.05) is 0 Å². The van der Waals surface area contributed by atoms with Gasteiger partial charge in [-0.25, -0.2) is 0 Å². The summed E-state index contributed by atoms with van der Waals surface area (Å²) in [6.45, 7) is 2.29. The molecule has 0 saturated carbocycles. The van der Waals surface area contributed by atoms with Crippen LogP contribution in [0.25, 0.3) is 0 Å². The molecule has 1 unspecified atom stereocenters. The van der Waals surface area contributed by atoms with Gasteiger partial charge in [0.05, 0.1) is 6.04 Å². The molecule has 94 valence electrons. The van der Waals surface area contributed by atoms with Crippen molar-refractivity contribution in [1.29, 1.82) is 0 Å². The highest BCUT2D eigenvalue weighted by Gasteiger charge is 2.12. The SMILES string of the molecule is CC(N)c1ccc(C(=O)NCc2ccccc2)o1. The summed E-state index contributed by atoms with van der Waals surface area (Å²) in [5.74, 6) is 0.670. The van der Waals surface area contributed by atoms with Crippen LogP contribution in [0.1, 0.15) is 34.8 Å². The molecule has 2 rings (SSSR count). The van der Waals surface area contributed by atoms with Gasteiger partial charge >= 0.3 is 0 Å². The van der Waals surface area contributed by atoms with Gasteiger partial charge in [0.15, 0.2) is 5.76 Å². The Morgan fingerprint density at radius 2 is 2.00 bits per heavy atom. The van der Waals surface area contributed by atoms with E-state index in [0.717, 1.165) is 5.56 Å². The smallest absolute Gasteiger partial charge is 0.287 e. The van der Waals surface area contributed by atoms with Crippen LogP contribution in [0.4, 0.5) is 0 Å². The van der Waals surface area contributed by atoms with Crippen LogP contribution in [-0.4, -0.2) is 5.91 Å². The summed E-state index contributed by atoms with van der Waals surface area (Å²) in [6.07, 6.45) is 0. The third-order valence-electron chi connectivity index (χ3n) is 2.60. The first-order valence-electron chi connectivity index (χ1n) is 5.84. The van der Waals surface area contributed by atoms with E-state index in [-0.39, 0.29) is 11.9 Å². The summed E-state index contributed by atoms with van der Waals surface area (Å²) >= 11 is 0. The number of nitrogens with one attached hydrogen (secondary N) is 1. The van der Waals surface area contributed by atoms with E-state index in [2.05, 4.69) is 5.32 Å². The summed E-state index contributed by atoms with van der Waals surface area (Å²) < 4.78 is 5.36. The van der Waals surface area contributed by atoms with Gasteiger partial charge in [0.2, 0.25) is 0 Å². The number of hydrogen-bond acceptors (Lipinski definition) is 3. The van der Waals surface area contributed by atoms with Gasteiger partial charge in [-0.05, 0) is 24.6 Å². The number of nitrogens with two attached hydrogens (primary N) is 1. The maximum Gasteiger partial charge on any atom is 0.287 e. The monoisotopic (exact) mass is 244 g/mol. The molecule has 2 aromatic rings. The molecule has 1 amide bonds.